The summed E-state index contributed by atoms with van der Waals surface area (Å²) < 4.78 is 5.23. The number of nitrogens with one attached hydrogen (secondary N) is 1. The van der Waals surface area contributed by atoms with Crippen LogP contribution in [0.1, 0.15) is 17.3 Å². The lowest BCUT2D eigenvalue weighted by Gasteiger charge is -2.14. The van der Waals surface area contributed by atoms with E-state index in [0.717, 1.165) is 11.1 Å². The van der Waals surface area contributed by atoms with Gasteiger partial charge in [-0.05, 0) is 36.2 Å². The first-order valence-electron chi connectivity index (χ1n) is 8.42. The molecule has 2 aromatic carbocycles. The van der Waals surface area contributed by atoms with Gasteiger partial charge in [0.2, 0.25) is 0 Å². The number of benzene rings is 2. The number of hydrogen-bond acceptors (Lipinski definition) is 4. The maximum Gasteiger partial charge on any atom is 0.338 e. The van der Waals surface area contributed by atoms with Crippen molar-refractivity contribution < 1.29 is 14.3 Å². The quantitative estimate of drug-likeness (QED) is 0.579. The molecule has 1 aromatic heterocycles. The van der Waals surface area contributed by atoms with Crippen molar-refractivity contribution in [2.75, 3.05) is 5.32 Å². The summed E-state index contributed by atoms with van der Waals surface area (Å²) in [5.41, 5.74) is 2.37. The summed E-state index contributed by atoms with van der Waals surface area (Å²) in [4.78, 5) is 28.5. The number of aromatic nitrogens is 1. The second kappa shape index (κ2) is 8.87. The van der Waals surface area contributed by atoms with Gasteiger partial charge in [-0.1, -0.05) is 65.7 Å². The summed E-state index contributed by atoms with van der Waals surface area (Å²) in [6, 6.07) is 18.2. The third-order valence-electron chi connectivity index (χ3n) is 3.93. The lowest BCUT2D eigenvalue weighted by molar-refractivity contribution is -0.123. The average molecular weight is 415 g/mol. The fourth-order valence-electron chi connectivity index (χ4n) is 2.44. The van der Waals surface area contributed by atoms with Gasteiger partial charge in [0.25, 0.3) is 5.91 Å². The molecule has 0 fully saturated rings. The molecule has 0 aliphatic heterocycles. The van der Waals surface area contributed by atoms with Crippen molar-refractivity contribution in [2.45, 2.75) is 13.0 Å². The fourth-order valence-corrected chi connectivity index (χ4v) is 2.86. The minimum absolute atomic E-state index is 0.145. The molecule has 0 saturated heterocycles. The molecule has 7 heteroatoms. The Hall–Kier alpha value is -2.89. The number of hydrogen-bond donors (Lipinski definition) is 1. The smallest absolute Gasteiger partial charge is 0.338 e. The van der Waals surface area contributed by atoms with E-state index in [4.69, 9.17) is 27.9 Å². The number of halogens is 2. The summed E-state index contributed by atoms with van der Waals surface area (Å²) in [5.74, 6) is -1.01. The van der Waals surface area contributed by atoms with Crippen LogP contribution in [0, 0.1) is 0 Å². The first-order chi connectivity index (χ1) is 13.4. The Balaban J connectivity index is 1.62. The Kier molecular flexibility index (Phi) is 6.29. The van der Waals surface area contributed by atoms with E-state index >= 15 is 0 Å². The topological polar surface area (TPSA) is 68.3 Å². The van der Waals surface area contributed by atoms with Crippen LogP contribution >= 0.6 is 23.2 Å². The predicted molar refractivity (Wildman–Crippen MR) is 110 cm³/mol. The lowest BCUT2D eigenvalue weighted by atomic mass is 10.0. The summed E-state index contributed by atoms with van der Waals surface area (Å²) in [6.07, 6.45) is 0.323. The molecule has 0 aliphatic rings. The van der Waals surface area contributed by atoms with Gasteiger partial charge in [0.05, 0.1) is 15.6 Å². The van der Waals surface area contributed by atoms with Gasteiger partial charge in [-0.15, -0.1) is 0 Å². The van der Waals surface area contributed by atoms with Gasteiger partial charge >= 0.3 is 5.97 Å². The van der Waals surface area contributed by atoms with Crippen LogP contribution in [0.2, 0.25) is 10.0 Å². The SMILES string of the molecule is C[C@@H](OC(=O)c1ccc(-c2ccccc2)cc1)C(=O)Nc1ncc(Cl)cc1Cl. The van der Waals surface area contributed by atoms with Crippen LogP contribution in [0.4, 0.5) is 5.82 Å². The van der Waals surface area contributed by atoms with Crippen LogP contribution in [0.25, 0.3) is 11.1 Å². The first-order valence-corrected chi connectivity index (χ1v) is 9.18. The standard InChI is InChI=1S/C21H16Cl2N2O3/c1-13(20(26)25-19-18(23)11-17(22)12-24-19)28-21(27)16-9-7-15(8-10-16)14-5-3-2-4-6-14/h2-13H,1H3,(H,24,25,26)/t13-/m1/s1. The molecule has 28 heavy (non-hydrogen) atoms. The van der Waals surface area contributed by atoms with E-state index in [1.165, 1.54) is 19.2 Å². The molecular formula is C21H16Cl2N2O3. The van der Waals surface area contributed by atoms with E-state index in [1.54, 1.807) is 12.1 Å². The molecule has 0 aliphatic carbocycles. The Labute approximate surface area is 172 Å². The van der Waals surface area contributed by atoms with E-state index in [-0.39, 0.29) is 10.8 Å². The molecule has 5 nitrogen and oxygen atoms in total. The summed E-state index contributed by atoms with van der Waals surface area (Å²) in [7, 11) is 0. The van der Waals surface area contributed by atoms with E-state index < -0.39 is 18.0 Å². The molecule has 0 spiro atoms. The van der Waals surface area contributed by atoms with Gasteiger partial charge < -0.3 is 10.1 Å². The van der Waals surface area contributed by atoms with Crippen molar-refractivity contribution in [3.05, 3.63) is 82.5 Å². The van der Waals surface area contributed by atoms with E-state index in [1.807, 2.05) is 42.5 Å². The highest BCUT2D eigenvalue weighted by atomic mass is 35.5. The predicted octanol–water partition coefficient (Wildman–Crippen LogP) is 5.24. The number of amides is 1. The van der Waals surface area contributed by atoms with Crippen LogP contribution in [0.15, 0.2) is 66.9 Å². The highest BCUT2D eigenvalue weighted by Gasteiger charge is 2.20. The van der Waals surface area contributed by atoms with Gasteiger partial charge in [0.15, 0.2) is 11.9 Å². The second-order valence-corrected chi connectivity index (χ2v) is 6.81. The van der Waals surface area contributed by atoms with Crippen LogP contribution in [0.3, 0.4) is 0 Å². The summed E-state index contributed by atoms with van der Waals surface area (Å²) in [5, 5.41) is 3.05. The molecule has 142 valence electrons. The Morgan fingerprint density at radius 2 is 1.64 bits per heavy atom. The maximum atomic E-state index is 12.3. The molecule has 1 atom stereocenters. The van der Waals surface area contributed by atoms with E-state index in [9.17, 15) is 9.59 Å². The zero-order valence-electron chi connectivity index (χ0n) is 14.9. The van der Waals surface area contributed by atoms with Gasteiger partial charge in [-0.3, -0.25) is 4.79 Å². The molecule has 1 amide bonds. The van der Waals surface area contributed by atoms with Crippen LogP contribution in [-0.2, 0) is 9.53 Å². The van der Waals surface area contributed by atoms with Crippen LogP contribution in [-0.4, -0.2) is 23.0 Å². The Bertz CT molecular complexity index is 992. The number of pyridine rings is 1. The number of carbonyl (C=O) groups excluding carboxylic acids is 2. The van der Waals surface area contributed by atoms with Crippen molar-refractivity contribution in [2.24, 2.45) is 0 Å². The van der Waals surface area contributed by atoms with Crippen molar-refractivity contribution in [3.8, 4) is 11.1 Å². The molecule has 0 radical (unpaired) electrons. The summed E-state index contributed by atoms with van der Waals surface area (Å²) in [6.45, 7) is 1.47. The van der Waals surface area contributed by atoms with Crippen molar-refractivity contribution in [1.29, 1.82) is 0 Å². The minimum atomic E-state index is -1.03. The zero-order valence-corrected chi connectivity index (χ0v) is 16.4. The molecule has 0 unspecified atom stereocenters. The van der Waals surface area contributed by atoms with Gasteiger partial charge in [-0.2, -0.15) is 0 Å². The number of carbonyl (C=O) groups is 2. The molecule has 0 saturated carbocycles. The van der Waals surface area contributed by atoms with Crippen molar-refractivity contribution in [1.82, 2.24) is 4.98 Å². The number of ether oxygens (including phenoxy) is 1. The molecule has 1 N–H and O–H groups in total. The normalized spacial score (nSPS) is 11.5. The Morgan fingerprint density at radius 1 is 1.00 bits per heavy atom. The van der Waals surface area contributed by atoms with Crippen molar-refractivity contribution >= 4 is 40.9 Å². The number of nitrogens with zero attached hydrogens (tertiary/aromatic N) is 1. The summed E-state index contributed by atoms with van der Waals surface area (Å²) >= 11 is 11.7. The third-order valence-corrected chi connectivity index (χ3v) is 4.42. The number of esters is 1. The van der Waals surface area contributed by atoms with Gasteiger partial charge in [0, 0.05) is 6.20 Å². The largest absolute Gasteiger partial charge is 0.449 e. The Morgan fingerprint density at radius 3 is 2.29 bits per heavy atom. The van der Waals surface area contributed by atoms with Crippen LogP contribution in [0.5, 0.6) is 0 Å². The maximum absolute atomic E-state index is 12.3. The molecule has 1 heterocycles. The highest BCUT2D eigenvalue weighted by molar-refractivity contribution is 6.36. The molecule has 0 bridgehead atoms. The zero-order chi connectivity index (χ0) is 20.1. The molecule has 3 rings (SSSR count). The average Bonchev–Trinajstić information content (AvgIpc) is 2.70. The third kappa shape index (κ3) is 4.88. The minimum Gasteiger partial charge on any atom is -0.449 e. The molecule has 3 aromatic rings. The van der Waals surface area contributed by atoms with Crippen LogP contribution < -0.4 is 5.32 Å². The van der Waals surface area contributed by atoms with Gasteiger partial charge in [-0.25, -0.2) is 9.78 Å². The highest BCUT2D eigenvalue weighted by Crippen LogP contribution is 2.23. The lowest BCUT2D eigenvalue weighted by Crippen LogP contribution is -2.30. The monoisotopic (exact) mass is 414 g/mol. The van der Waals surface area contributed by atoms with Gasteiger partial charge in [0.1, 0.15) is 0 Å². The van der Waals surface area contributed by atoms with Crippen molar-refractivity contribution in [3.63, 3.8) is 0 Å². The van der Waals surface area contributed by atoms with E-state index in [0.29, 0.717) is 10.6 Å². The second-order valence-electron chi connectivity index (χ2n) is 5.96. The van der Waals surface area contributed by atoms with E-state index in [2.05, 4.69) is 10.3 Å². The first kappa shape index (κ1) is 19.9. The fraction of sp³-hybridized carbons (Fsp3) is 0.0952. The molecular weight excluding hydrogens is 399 g/mol. The number of rotatable bonds is 5. The number of anilines is 1.